The van der Waals surface area contributed by atoms with Crippen LogP contribution in [0.5, 0.6) is 0 Å². The number of carbonyl (C=O) groups excluding carboxylic acids is 1. The Morgan fingerprint density at radius 3 is 2.62 bits per heavy atom. The molecule has 2 bridgehead atoms. The third-order valence-electron chi connectivity index (χ3n) is 6.47. The molecule has 3 saturated carbocycles. The van der Waals surface area contributed by atoms with E-state index in [0.717, 1.165) is 23.9 Å². The van der Waals surface area contributed by atoms with Crippen LogP contribution in [0.2, 0.25) is 0 Å². The van der Waals surface area contributed by atoms with Crippen molar-refractivity contribution in [3.05, 3.63) is 29.8 Å². The topological polar surface area (TPSA) is 46.3 Å². The number of fused-ring (bicyclic) bond motifs is 6. The average Bonchev–Trinajstić information content (AvgIpc) is 2.93. The third kappa shape index (κ3) is 1.61. The molecule has 1 aromatic carbocycles. The molecule has 1 heterocycles. The molecular weight excluding hydrogens is 260 g/mol. The van der Waals surface area contributed by atoms with E-state index in [1.807, 2.05) is 17.0 Å². The summed E-state index contributed by atoms with van der Waals surface area (Å²) in [5.41, 5.74) is 8.53. The van der Waals surface area contributed by atoms with Crippen molar-refractivity contribution in [3.63, 3.8) is 0 Å². The lowest BCUT2D eigenvalue weighted by atomic mass is 9.96. The smallest absolute Gasteiger partial charge is 0.230 e. The molecule has 0 radical (unpaired) electrons. The molecule has 0 saturated heterocycles. The van der Waals surface area contributed by atoms with E-state index >= 15 is 0 Å². The molecular formula is C18H22N2O. The number of benzene rings is 1. The van der Waals surface area contributed by atoms with Gasteiger partial charge in [0.1, 0.15) is 0 Å². The summed E-state index contributed by atoms with van der Waals surface area (Å²) in [4.78, 5) is 15.1. The van der Waals surface area contributed by atoms with E-state index in [1.165, 1.54) is 24.8 Å². The van der Waals surface area contributed by atoms with Crippen molar-refractivity contribution in [2.24, 2.45) is 35.3 Å². The summed E-state index contributed by atoms with van der Waals surface area (Å²) in [5.74, 6) is 3.80. The summed E-state index contributed by atoms with van der Waals surface area (Å²) in [7, 11) is 0. The van der Waals surface area contributed by atoms with E-state index in [2.05, 4.69) is 12.1 Å². The number of para-hydroxylation sites is 1. The summed E-state index contributed by atoms with van der Waals surface area (Å²) >= 11 is 0. The predicted octanol–water partition coefficient (Wildman–Crippen LogP) is 2.20. The van der Waals surface area contributed by atoms with Gasteiger partial charge in [-0.25, -0.2) is 0 Å². The molecule has 3 fully saturated rings. The largest absolute Gasteiger partial charge is 0.326 e. The fourth-order valence-electron chi connectivity index (χ4n) is 5.67. The first-order chi connectivity index (χ1) is 10.2. The molecule has 2 N–H and O–H groups in total. The monoisotopic (exact) mass is 282 g/mol. The molecule has 3 heteroatoms. The number of carbonyl (C=O) groups is 1. The lowest BCUT2D eigenvalue weighted by Gasteiger charge is -2.33. The Labute approximate surface area is 125 Å². The maximum Gasteiger partial charge on any atom is 0.230 e. The highest BCUT2D eigenvalue weighted by atomic mass is 16.2. The quantitative estimate of drug-likeness (QED) is 0.858. The molecule has 5 rings (SSSR count). The molecule has 110 valence electrons. The minimum absolute atomic E-state index is 0.0826. The first-order valence-electron chi connectivity index (χ1n) is 8.39. The van der Waals surface area contributed by atoms with Gasteiger partial charge in [0.2, 0.25) is 5.91 Å². The summed E-state index contributed by atoms with van der Waals surface area (Å²) in [6, 6.07) is 8.37. The highest BCUT2D eigenvalue weighted by Crippen LogP contribution is 2.69. The minimum atomic E-state index is 0.0826. The highest BCUT2D eigenvalue weighted by molar-refractivity contribution is 5.98. The lowest BCUT2D eigenvalue weighted by Crippen LogP contribution is -2.47. The Bertz CT molecular complexity index is 597. The van der Waals surface area contributed by atoms with Crippen LogP contribution < -0.4 is 10.6 Å². The van der Waals surface area contributed by atoms with E-state index < -0.39 is 0 Å². The van der Waals surface area contributed by atoms with Gasteiger partial charge in [-0.15, -0.1) is 0 Å². The SMILES string of the molecule is NC1Cc2ccccc2N(C(=O)C2C3C4CCC(C4)C23)C1. The predicted molar refractivity (Wildman–Crippen MR) is 81.8 cm³/mol. The van der Waals surface area contributed by atoms with Crippen LogP contribution in [-0.2, 0) is 11.2 Å². The Morgan fingerprint density at radius 1 is 1.14 bits per heavy atom. The molecule has 3 nitrogen and oxygen atoms in total. The number of nitrogens with zero attached hydrogens (tertiary/aromatic N) is 1. The zero-order chi connectivity index (χ0) is 14.1. The second-order valence-electron chi connectivity index (χ2n) is 7.56. The van der Waals surface area contributed by atoms with Crippen LogP contribution in [0.1, 0.15) is 24.8 Å². The van der Waals surface area contributed by atoms with Gasteiger partial charge >= 0.3 is 0 Å². The molecule has 0 spiro atoms. The average molecular weight is 282 g/mol. The van der Waals surface area contributed by atoms with Crippen LogP contribution in [0.4, 0.5) is 5.69 Å². The molecule has 5 unspecified atom stereocenters. The summed E-state index contributed by atoms with van der Waals surface area (Å²) in [5, 5.41) is 0. The van der Waals surface area contributed by atoms with E-state index in [4.69, 9.17) is 5.73 Å². The number of hydrogen-bond donors (Lipinski definition) is 1. The fraction of sp³-hybridized carbons (Fsp3) is 0.611. The molecule has 5 atom stereocenters. The van der Waals surface area contributed by atoms with E-state index in [1.54, 1.807) is 0 Å². The zero-order valence-corrected chi connectivity index (χ0v) is 12.2. The zero-order valence-electron chi connectivity index (χ0n) is 12.2. The maximum atomic E-state index is 13.1. The van der Waals surface area contributed by atoms with Gasteiger partial charge in [0.15, 0.2) is 0 Å². The second kappa shape index (κ2) is 4.10. The standard InChI is InChI=1S/C18H22N2O/c19-13-8-10-3-1-2-4-14(10)20(9-13)18(21)17-15-11-5-6-12(7-11)16(15)17/h1-4,11-13,15-17H,5-9,19H2. The Balaban J connectivity index is 1.45. The summed E-state index contributed by atoms with van der Waals surface area (Å²) in [6.07, 6.45) is 5.02. The Morgan fingerprint density at radius 2 is 1.86 bits per heavy atom. The van der Waals surface area contributed by atoms with Crippen molar-refractivity contribution in [3.8, 4) is 0 Å². The van der Waals surface area contributed by atoms with Gasteiger partial charge in [-0.05, 0) is 61.0 Å². The van der Waals surface area contributed by atoms with Crippen molar-refractivity contribution < 1.29 is 4.79 Å². The molecule has 1 aromatic rings. The number of anilines is 1. The number of rotatable bonds is 1. The van der Waals surface area contributed by atoms with Crippen molar-refractivity contribution in [1.82, 2.24) is 0 Å². The lowest BCUT2D eigenvalue weighted by molar-refractivity contribution is -0.120. The number of nitrogens with two attached hydrogens (primary N) is 1. The van der Waals surface area contributed by atoms with Crippen LogP contribution in [0.15, 0.2) is 24.3 Å². The molecule has 1 aliphatic heterocycles. The van der Waals surface area contributed by atoms with E-state index in [9.17, 15) is 4.79 Å². The molecule has 4 aliphatic rings. The normalized spacial score (nSPS) is 42.6. The van der Waals surface area contributed by atoms with Gasteiger partial charge in [0, 0.05) is 24.2 Å². The van der Waals surface area contributed by atoms with Gasteiger partial charge < -0.3 is 10.6 Å². The first kappa shape index (κ1) is 12.2. The van der Waals surface area contributed by atoms with Gasteiger partial charge in [0.05, 0.1) is 0 Å². The van der Waals surface area contributed by atoms with Gasteiger partial charge in [-0.2, -0.15) is 0 Å². The van der Waals surface area contributed by atoms with Crippen LogP contribution in [-0.4, -0.2) is 18.5 Å². The first-order valence-corrected chi connectivity index (χ1v) is 8.39. The van der Waals surface area contributed by atoms with Gasteiger partial charge in [0.25, 0.3) is 0 Å². The summed E-state index contributed by atoms with van der Waals surface area (Å²) < 4.78 is 0. The Hall–Kier alpha value is -1.35. The van der Waals surface area contributed by atoms with Gasteiger partial charge in [-0.1, -0.05) is 18.2 Å². The van der Waals surface area contributed by atoms with Crippen LogP contribution in [0.25, 0.3) is 0 Å². The van der Waals surface area contributed by atoms with Crippen LogP contribution in [0, 0.1) is 29.6 Å². The minimum Gasteiger partial charge on any atom is -0.326 e. The molecule has 0 aromatic heterocycles. The Kier molecular flexibility index (Phi) is 2.38. The molecule has 3 aliphatic carbocycles. The maximum absolute atomic E-state index is 13.1. The van der Waals surface area contributed by atoms with Crippen LogP contribution in [0.3, 0.4) is 0 Å². The van der Waals surface area contributed by atoms with Crippen molar-refractivity contribution in [2.75, 3.05) is 11.4 Å². The van der Waals surface area contributed by atoms with Crippen LogP contribution >= 0.6 is 0 Å². The van der Waals surface area contributed by atoms with E-state index in [-0.39, 0.29) is 6.04 Å². The molecule has 21 heavy (non-hydrogen) atoms. The van der Waals surface area contributed by atoms with Gasteiger partial charge in [-0.3, -0.25) is 4.79 Å². The van der Waals surface area contributed by atoms with Crippen molar-refractivity contribution >= 4 is 11.6 Å². The number of hydrogen-bond acceptors (Lipinski definition) is 2. The molecule has 1 amide bonds. The van der Waals surface area contributed by atoms with Crippen molar-refractivity contribution in [2.45, 2.75) is 31.7 Å². The van der Waals surface area contributed by atoms with E-state index in [0.29, 0.717) is 30.2 Å². The second-order valence-corrected chi connectivity index (χ2v) is 7.56. The van der Waals surface area contributed by atoms with Crippen molar-refractivity contribution in [1.29, 1.82) is 0 Å². The third-order valence-corrected chi connectivity index (χ3v) is 6.47. The number of amides is 1. The fourth-order valence-corrected chi connectivity index (χ4v) is 5.67. The summed E-state index contributed by atoms with van der Waals surface area (Å²) in [6.45, 7) is 0.696. The highest BCUT2D eigenvalue weighted by Gasteiger charge is 2.68.